The molecule has 0 atom stereocenters. The number of anilines is 2. The third-order valence-corrected chi connectivity index (χ3v) is 5.37. The van der Waals surface area contributed by atoms with Gasteiger partial charge in [0.15, 0.2) is 0 Å². The van der Waals surface area contributed by atoms with E-state index in [2.05, 4.69) is 90.7 Å². The van der Waals surface area contributed by atoms with Gasteiger partial charge in [0.1, 0.15) is 0 Å². The van der Waals surface area contributed by atoms with Gasteiger partial charge in [0.05, 0.1) is 11.4 Å². The summed E-state index contributed by atoms with van der Waals surface area (Å²) in [7, 11) is 0. The number of para-hydroxylation sites is 1. The third kappa shape index (κ3) is 2.75. The summed E-state index contributed by atoms with van der Waals surface area (Å²) in [4.78, 5) is 5.08. The van der Waals surface area contributed by atoms with E-state index in [1.807, 2.05) is 11.8 Å². The molecule has 0 spiro atoms. The molecule has 0 unspecified atom stereocenters. The van der Waals surface area contributed by atoms with Crippen LogP contribution in [0.3, 0.4) is 0 Å². The third-order valence-electron chi connectivity index (χ3n) is 4.26. The maximum absolute atomic E-state index is 2.40. The van der Waals surface area contributed by atoms with Crippen molar-refractivity contribution in [3.8, 4) is 0 Å². The zero-order chi connectivity index (χ0) is 15.6. The fraction of sp³-hybridized carbons (Fsp3) is 0.143. The van der Waals surface area contributed by atoms with Gasteiger partial charge in [-0.05, 0) is 36.8 Å². The first kappa shape index (κ1) is 14.4. The van der Waals surface area contributed by atoms with Gasteiger partial charge >= 0.3 is 0 Å². The standard InChI is InChI=1S/C21H19NS/c1-2-22-18-9-5-6-10-20(18)23-21-15-17(13-14-19(21)22)12-11-16-7-3-4-8-16/h3-16H,2H2,1H3/b12-11+. The molecule has 1 aliphatic carbocycles. The number of benzene rings is 2. The largest absolute Gasteiger partial charge is 0.340 e. The highest BCUT2D eigenvalue weighted by Gasteiger charge is 2.21. The van der Waals surface area contributed by atoms with Crippen molar-refractivity contribution in [2.45, 2.75) is 16.7 Å². The van der Waals surface area contributed by atoms with Gasteiger partial charge in [0.2, 0.25) is 0 Å². The highest BCUT2D eigenvalue weighted by molar-refractivity contribution is 7.99. The molecule has 0 saturated carbocycles. The van der Waals surface area contributed by atoms with Crippen LogP contribution < -0.4 is 4.90 Å². The Morgan fingerprint density at radius 3 is 2.61 bits per heavy atom. The van der Waals surface area contributed by atoms with Crippen LogP contribution in [0.1, 0.15) is 12.5 Å². The lowest BCUT2D eigenvalue weighted by Gasteiger charge is -2.32. The fourth-order valence-electron chi connectivity index (χ4n) is 3.09. The van der Waals surface area contributed by atoms with Crippen molar-refractivity contribution in [3.63, 3.8) is 0 Å². The smallest absolute Gasteiger partial charge is 0.0553 e. The molecular weight excluding hydrogens is 298 g/mol. The van der Waals surface area contributed by atoms with E-state index in [0.29, 0.717) is 5.92 Å². The topological polar surface area (TPSA) is 3.24 Å². The van der Waals surface area contributed by atoms with Crippen LogP contribution in [0.4, 0.5) is 11.4 Å². The minimum absolute atomic E-state index is 0.437. The second kappa shape index (κ2) is 6.13. The molecule has 0 radical (unpaired) electrons. The second-order valence-corrected chi connectivity index (χ2v) is 6.83. The Morgan fingerprint density at radius 2 is 1.78 bits per heavy atom. The number of nitrogens with zero attached hydrogens (tertiary/aromatic N) is 1. The highest BCUT2D eigenvalue weighted by atomic mass is 32.2. The van der Waals surface area contributed by atoms with Crippen molar-refractivity contribution in [2.75, 3.05) is 11.4 Å². The van der Waals surface area contributed by atoms with Crippen molar-refractivity contribution in [3.05, 3.63) is 78.4 Å². The monoisotopic (exact) mass is 317 g/mol. The molecular formula is C21H19NS. The number of hydrogen-bond acceptors (Lipinski definition) is 2. The minimum atomic E-state index is 0.437. The highest BCUT2D eigenvalue weighted by Crippen LogP contribution is 2.48. The number of rotatable bonds is 3. The van der Waals surface area contributed by atoms with Crippen LogP contribution in [0.5, 0.6) is 0 Å². The molecule has 1 heterocycles. The first-order valence-corrected chi connectivity index (χ1v) is 8.88. The van der Waals surface area contributed by atoms with Gasteiger partial charge in [-0.15, -0.1) is 0 Å². The average molecular weight is 317 g/mol. The van der Waals surface area contributed by atoms with E-state index in [1.165, 1.54) is 26.7 Å². The van der Waals surface area contributed by atoms with Gasteiger partial charge in [0, 0.05) is 22.3 Å². The summed E-state index contributed by atoms with van der Waals surface area (Å²) in [5.41, 5.74) is 3.89. The molecule has 1 aliphatic heterocycles. The Kier molecular flexibility index (Phi) is 3.84. The molecule has 0 N–H and O–H groups in total. The predicted molar refractivity (Wildman–Crippen MR) is 100 cm³/mol. The molecule has 0 amide bonds. The van der Waals surface area contributed by atoms with Gasteiger partial charge in [-0.25, -0.2) is 0 Å². The Balaban J connectivity index is 1.67. The van der Waals surface area contributed by atoms with Gasteiger partial charge in [-0.1, -0.05) is 66.4 Å². The fourth-order valence-corrected chi connectivity index (χ4v) is 4.24. The molecule has 2 heteroatoms. The van der Waals surface area contributed by atoms with E-state index in [9.17, 15) is 0 Å². The van der Waals surface area contributed by atoms with Crippen LogP contribution in [-0.2, 0) is 0 Å². The molecule has 2 aliphatic rings. The summed E-state index contributed by atoms with van der Waals surface area (Å²) in [6.07, 6.45) is 13.1. The van der Waals surface area contributed by atoms with E-state index >= 15 is 0 Å². The summed E-state index contributed by atoms with van der Waals surface area (Å²) >= 11 is 1.87. The molecule has 0 saturated heterocycles. The number of hydrogen-bond donors (Lipinski definition) is 0. The van der Waals surface area contributed by atoms with Gasteiger partial charge in [-0.2, -0.15) is 0 Å². The van der Waals surface area contributed by atoms with Gasteiger partial charge in [0.25, 0.3) is 0 Å². The Bertz CT molecular complexity index is 804. The lowest BCUT2D eigenvalue weighted by atomic mass is 10.1. The second-order valence-electron chi connectivity index (χ2n) is 5.75. The summed E-state index contributed by atoms with van der Waals surface area (Å²) in [6, 6.07) is 15.4. The molecule has 0 bridgehead atoms. The van der Waals surface area contributed by atoms with Crippen molar-refractivity contribution in [2.24, 2.45) is 5.92 Å². The number of fused-ring (bicyclic) bond motifs is 2. The first-order valence-electron chi connectivity index (χ1n) is 8.07. The normalized spacial score (nSPS) is 16.1. The van der Waals surface area contributed by atoms with E-state index in [4.69, 9.17) is 0 Å². The van der Waals surface area contributed by atoms with Gasteiger partial charge in [-0.3, -0.25) is 0 Å². The molecule has 1 nitrogen and oxygen atoms in total. The quantitative estimate of drug-likeness (QED) is 0.676. The first-order chi connectivity index (χ1) is 11.3. The molecule has 2 aromatic rings. The lowest BCUT2D eigenvalue weighted by molar-refractivity contribution is 0.979. The van der Waals surface area contributed by atoms with E-state index < -0.39 is 0 Å². The Morgan fingerprint density at radius 1 is 1.00 bits per heavy atom. The maximum Gasteiger partial charge on any atom is 0.0553 e. The molecule has 4 rings (SSSR count). The Hall–Kier alpha value is -2.19. The summed E-state index contributed by atoms with van der Waals surface area (Å²) in [5, 5.41) is 0. The van der Waals surface area contributed by atoms with Crippen molar-refractivity contribution in [1.29, 1.82) is 0 Å². The van der Waals surface area contributed by atoms with Crippen LogP contribution in [0.2, 0.25) is 0 Å². The lowest BCUT2D eigenvalue weighted by Crippen LogP contribution is -2.19. The summed E-state index contributed by atoms with van der Waals surface area (Å²) < 4.78 is 0. The van der Waals surface area contributed by atoms with Crippen molar-refractivity contribution in [1.82, 2.24) is 0 Å². The average Bonchev–Trinajstić information content (AvgIpc) is 3.11. The van der Waals surface area contributed by atoms with E-state index in [0.717, 1.165) is 6.54 Å². The van der Waals surface area contributed by atoms with Crippen LogP contribution in [0.15, 0.2) is 82.6 Å². The summed E-state index contributed by atoms with van der Waals surface area (Å²) in [5.74, 6) is 0.437. The van der Waals surface area contributed by atoms with Crippen molar-refractivity contribution < 1.29 is 0 Å². The van der Waals surface area contributed by atoms with Crippen LogP contribution >= 0.6 is 11.8 Å². The molecule has 0 aromatic heterocycles. The van der Waals surface area contributed by atoms with Crippen molar-refractivity contribution >= 4 is 29.2 Å². The molecule has 114 valence electrons. The number of allylic oxidation sites excluding steroid dienone is 5. The van der Waals surface area contributed by atoms with E-state index in [1.54, 1.807) is 0 Å². The van der Waals surface area contributed by atoms with Crippen LogP contribution in [0.25, 0.3) is 6.08 Å². The van der Waals surface area contributed by atoms with Gasteiger partial charge < -0.3 is 4.90 Å². The zero-order valence-corrected chi connectivity index (χ0v) is 14.0. The maximum atomic E-state index is 2.40. The van der Waals surface area contributed by atoms with Crippen LogP contribution in [-0.4, -0.2) is 6.54 Å². The SMILES string of the molecule is CCN1c2ccccc2Sc2cc(/C=C/C3C=CC=C3)ccc21. The summed E-state index contributed by atoms with van der Waals surface area (Å²) in [6.45, 7) is 3.19. The molecule has 23 heavy (non-hydrogen) atoms. The van der Waals surface area contributed by atoms with E-state index in [-0.39, 0.29) is 0 Å². The minimum Gasteiger partial charge on any atom is -0.340 e. The predicted octanol–water partition coefficient (Wildman–Crippen LogP) is 6.06. The Labute approximate surface area is 142 Å². The molecule has 2 aromatic carbocycles. The molecule has 0 fully saturated rings. The zero-order valence-electron chi connectivity index (χ0n) is 13.1. The van der Waals surface area contributed by atoms with Crippen LogP contribution in [0, 0.1) is 5.92 Å².